The van der Waals surface area contributed by atoms with E-state index in [0.717, 1.165) is 11.4 Å². The average molecular weight is 449 g/mol. The van der Waals surface area contributed by atoms with Gasteiger partial charge >= 0.3 is 0 Å². The largest absolute Gasteiger partial charge is 0.325 e. The van der Waals surface area contributed by atoms with Crippen molar-refractivity contribution in [2.45, 2.75) is 23.8 Å². The number of anilines is 1. The first-order valence-electron chi connectivity index (χ1n) is 9.65. The Kier molecular flexibility index (Phi) is 6.59. The number of aromatic amines is 1. The summed E-state index contributed by atoms with van der Waals surface area (Å²) < 4.78 is 0. The number of rotatable bonds is 8. The van der Waals surface area contributed by atoms with Gasteiger partial charge in [0.05, 0.1) is 0 Å². The lowest BCUT2D eigenvalue weighted by Gasteiger charge is -2.15. The van der Waals surface area contributed by atoms with Crippen molar-refractivity contribution < 1.29 is 9.59 Å². The van der Waals surface area contributed by atoms with Crippen LogP contribution in [0.25, 0.3) is 0 Å². The van der Waals surface area contributed by atoms with E-state index in [0.29, 0.717) is 22.8 Å². The van der Waals surface area contributed by atoms with Crippen molar-refractivity contribution in [1.82, 2.24) is 15.2 Å². The van der Waals surface area contributed by atoms with Gasteiger partial charge in [0.1, 0.15) is 11.1 Å². The molecule has 156 valence electrons. The van der Waals surface area contributed by atoms with E-state index in [1.165, 1.54) is 23.6 Å². The first-order valence-corrected chi connectivity index (χ1v) is 11.4. The van der Waals surface area contributed by atoms with Gasteiger partial charge in [-0.2, -0.15) is 0 Å². The number of benzene rings is 2. The van der Waals surface area contributed by atoms with Crippen LogP contribution in [0.4, 0.5) is 5.69 Å². The van der Waals surface area contributed by atoms with E-state index < -0.39 is 5.25 Å². The number of nitrogens with zero attached hydrogens (tertiary/aromatic N) is 2. The first-order chi connectivity index (χ1) is 15.1. The maximum absolute atomic E-state index is 13.2. The van der Waals surface area contributed by atoms with Crippen LogP contribution in [-0.2, 0) is 11.2 Å². The number of aromatic nitrogens is 3. The van der Waals surface area contributed by atoms with Gasteiger partial charge in [-0.3, -0.25) is 14.7 Å². The first kappa shape index (κ1) is 21.0. The molecule has 4 rings (SSSR count). The lowest BCUT2D eigenvalue weighted by Crippen LogP contribution is -2.19. The molecule has 0 aliphatic rings. The minimum absolute atomic E-state index is 0.0518. The summed E-state index contributed by atoms with van der Waals surface area (Å²) in [5, 5.41) is 12.2. The van der Waals surface area contributed by atoms with Crippen LogP contribution >= 0.6 is 23.1 Å². The van der Waals surface area contributed by atoms with Crippen LogP contribution in [0.15, 0.2) is 77.3 Å². The van der Waals surface area contributed by atoms with Gasteiger partial charge in [-0.05, 0) is 36.1 Å². The molecule has 2 heterocycles. The van der Waals surface area contributed by atoms with Crippen molar-refractivity contribution in [1.29, 1.82) is 0 Å². The van der Waals surface area contributed by atoms with Crippen LogP contribution in [0.2, 0.25) is 0 Å². The SMILES string of the molecule is CC(=O)c1cccc(NC(=O)C(Sc2n[nH]c(Cc3cccs3)n2)c2ccccc2)c1. The molecule has 1 atom stereocenters. The molecule has 0 aliphatic heterocycles. The van der Waals surface area contributed by atoms with Crippen molar-refractivity contribution in [3.63, 3.8) is 0 Å². The number of carbonyl (C=O) groups is 2. The summed E-state index contributed by atoms with van der Waals surface area (Å²) in [6, 6.07) is 20.5. The zero-order valence-electron chi connectivity index (χ0n) is 16.7. The summed E-state index contributed by atoms with van der Waals surface area (Å²) in [5.41, 5.74) is 1.97. The number of carbonyl (C=O) groups excluding carboxylic acids is 2. The van der Waals surface area contributed by atoms with Crippen molar-refractivity contribution in [3.8, 4) is 0 Å². The summed E-state index contributed by atoms with van der Waals surface area (Å²) in [5.74, 6) is 0.497. The summed E-state index contributed by atoms with van der Waals surface area (Å²) in [6.45, 7) is 1.50. The van der Waals surface area contributed by atoms with Gasteiger partial charge in [0.2, 0.25) is 11.1 Å². The van der Waals surface area contributed by atoms with Crippen LogP contribution < -0.4 is 5.32 Å². The molecule has 1 unspecified atom stereocenters. The molecule has 0 fully saturated rings. The highest BCUT2D eigenvalue weighted by Gasteiger charge is 2.24. The Morgan fingerprint density at radius 1 is 1.10 bits per heavy atom. The van der Waals surface area contributed by atoms with Crippen molar-refractivity contribution >= 4 is 40.5 Å². The second-order valence-corrected chi connectivity index (χ2v) is 8.96. The molecule has 2 aromatic carbocycles. The molecule has 4 aromatic rings. The molecule has 6 nitrogen and oxygen atoms in total. The number of amides is 1. The highest BCUT2D eigenvalue weighted by molar-refractivity contribution is 8.00. The molecule has 0 saturated heterocycles. The standard InChI is InChI=1S/C23H20N4O2S2/c1-15(28)17-9-5-10-18(13-17)24-22(29)21(16-7-3-2-4-8-16)31-23-25-20(26-27-23)14-19-11-6-12-30-19/h2-13,21H,14H2,1H3,(H,24,29)(H,25,26,27). The van der Waals surface area contributed by atoms with Crippen LogP contribution in [-0.4, -0.2) is 26.9 Å². The topological polar surface area (TPSA) is 87.7 Å². The molecule has 0 spiro atoms. The minimum atomic E-state index is -0.549. The van der Waals surface area contributed by atoms with Crippen LogP contribution in [0.5, 0.6) is 0 Å². The van der Waals surface area contributed by atoms with Crippen molar-refractivity contribution in [2.24, 2.45) is 0 Å². The van der Waals surface area contributed by atoms with Crippen molar-refractivity contribution in [3.05, 3.63) is 93.9 Å². The quantitative estimate of drug-likeness (QED) is 0.288. The summed E-state index contributed by atoms with van der Waals surface area (Å²) in [7, 11) is 0. The number of thioether (sulfide) groups is 1. The molecule has 0 radical (unpaired) electrons. The number of Topliss-reactive ketones (excluding diaryl/α,β-unsaturated/α-hetero) is 1. The fraction of sp³-hybridized carbons (Fsp3) is 0.130. The molecule has 2 aromatic heterocycles. The predicted molar refractivity (Wildman–Crippen MR) is 124 cm³/mol. The third-order valence-corrected chi connectivity index (χ3v) is 6.53. The van der Waals surface area contributed by atoms with Crippen LogP contribution in [0.3, 0.4) is 0 Å². The van der Waals surface area contributed by atoms with Gasteiger partial charge in [-0.15, -0.1) is 16.4 Å². The number of nitrogens with one attached hydrogen (secondary N) is 2. The summed E-state index contributed by atoms with van der Waals surface area (Å²) >= 11 is 2.95. The molecular formula is C23H20N4O2S2. The Bertz CT molecular complexity index is 1170. The number of H-pyrrole nitrogens is 1. The van der Waals surface area contributed by atoms with Crippen LogP contribution in [0, 0.1) is 0 Å². The average Bonchev–Trinajstić information content (AvgIpc) is 3.45. The summed E-state index contributed by atoms with van der Waals surface area (Å²) in [6.07, 6.45) is 0.672. The van der Waals surface area contributed by atoms with Gasteiger partial charge < -0.3 is 5.32 Å². The maximum atomic E-state index is 13.2. The van der Waals surface area contributed by atoms with E-state index in [1.54, 1.807) is 35.6 Å². The van der Waals surface area contributed by atoms with Gasteiger partial charge in [-0.1, -0.05) is 60.3 Å². The molecule has 8 heteroatoms. The Balaban J connectivity index is 1.54. The minimum Gasteiger partial charge on any atom is -0.325 e. The van der Waals surface area contributed by atoms with Crippen molar-refractivity contribution in [2.75, 3.05) is 5.32 Å². The van der Waals surface area contributed by atoms with Gasteiger partial charge in [0, 0.05) is 22.5 Å². The number of ketones is 1. The highest BCUT2D eigenvalue weighted by Crippen LogP contribution is 2.34. The molecule has 0 bridgehead atoms. The molecule has 1 amide bonds. The molecule has 0 saturated carbocycles. The maximum Gasteiger partial charge on any atom is 0.242 e. The third-order valence-electron chi connectivity index (χ3n) is 4.53. The Hall–Kier alpha value is -3.23. The molecule has 2 N–H and O–H groups in total. The number of hydrogen-bond acceptors (Lipinski definition) is 6. The monoisotopic (exact) mass is 448 g/mol. The second kappa shape index (κ2) is 9.72. The van der Waals surface area contributed by atoms with E-state index >= 15 is 0 Å². The normalized spacial score (nSPS) is 11.8. The van der Waals surface area contributed by atoms with E-state index in [2.05, 4.69) is 26.6 Å². The summed E-state index contributed by atoms with van der Waals surface area (Å²) in [4.78, 5) is 30.6. The Morgan fingerprint density at radius 2 is 1.94 bits per heavy atom. The fourth-order valence-electron chi connectivity index (χ4n) is 3.02. The third kappa shape index (κ3) is 5.48. The Labute approximate surface area is 188 Å². The highest BCUT2D eigenvalue weighted by atomic mass is 32.2. The van der Waals surface area contributed by atoms with Gasteiger partial charge in [0.25, 0.3) is 0 Å². The van der Waals surface area contributed by atoms with E-state index in [1.807, 2.05) is 41.8 Å². The predicted octanol–water partition coefficient (Wildman–Crippen LogP) is 5.13. The lowest BCUT2D eigenvalue weighted by molar-refractivity contribution is -0.115. The number of thiophene rings is 1. The van der Waals surface area contributed by atoms with Gasteiger partial charge in [0.15, 0.2) is 5.78 Å². The Morgan fingerprint density at radius 3 is 2.68 bits per heavy atom. The van der Waals surface area contributed by atoms with E-state index in [9.17, 15) is 9.59 Å². The lowest BCUT2D eigenvalue weighted by atomic mass is 10.1. The fourth-order valence-corrected chi connectivity index (χ4v) is 4.66. The van der Waals surface area contributed by atoms with Gasteiger partial charge in [-0.25, -0.2) is 4.98 Å². The molecular weight excluding hydrogens is 428 g/mol. The van der Waals surface area contributed by atoms with E-state index in [4.69, 9.17) is 0 Å². The van der Waals surface area contributed by atoms with E-state index in [-0.39, 0.29) is 11.7 Å². The number of hydrogen-bond donors (Lipinski definition) is 2. The zero-order valence-corrected chi connectivity index (χ0v) is 18.4. The molecule has 31 heavy (non-hydrogen) atoms. The smallest absolute Gasteiger partial charge is 0.242 e. The van der Waals surface area contributed by atoms with Crippen LogP contribution in [0.1, 0.15) is 38.8 Å². The molecule has 0 aliphatic carbocycles. The second-order valence-electron chi connectivity index (χ2n) is 6.86. The zero-order chi connectivity index (χ0) is 21.6.